The maximum Gasteiger partial charge on any atom is 0.573 e. The average molecular weight is 404 g/mol. The summed E-state index contributed by atoms with van der Waals surface area (Å²) in [5.74, 6) is -0.754. The van der Waals surface area contributed by atoms with Gasteiger partial charge in [0.15, 0.2) is 6.61 Å². The molecule has 0 saturated carbocycles. The van der Waals surface area contributed by atoms with Gasteiger partial charge in [-0.25, -0.2) is 4.79 Å². The second kappa shape index (κ2) is 8.59. The third-order valence-corrected chi connectivity index (χ3v) is 3.64. The van der Waals surface area contributed by atoms with Crippen LogP contribution in [0, 0.1) is 6.92 Å². The van der Waals surface area contributed by atoms with E-state index in [0.717, 1.165) is 23.3 Å². The van der Waals surface area contributed by atoms with Crippen molar-refractivity contribution in [1.29, 1.82) is 0 Å². The smallest absolute Gasteiger partial charge is 0.452 e. The Hall–Kier alpha value is -3.62. The summed E-state index contributed by atoms with van der Waals surface area (Å²) in [7, 11) is 0. The Bertz CT molecular complexity index is 994. The molecule has 0 amide bonds. The summed E-state index contributed by atoms with van der Waals surface area (Å²) in [6, 6.07) is 12.6. The lowest BCUT2D eigenvalue weighted by Crippen LogP contribution is -2.16. The molecule has 0 bridgehead atoms. The van der Waals surface area contributed by atoms with Gasteiger partial charge in [0.05, 0.1) is 0 Å². The molecule has 6 nitrogen and oxygen atoms in total. The molecule has 0 atom stereocenters. The fourth-order valence-corrected chi connectivity index (χ4v) is 2.26. The Balaban J connectivity index is 1.54. The quantitative estimate of drug-likeness (QED) is 0.438. The van der Waals surface area contributed by atoms with Crippen LogP contribution in [0.5, 0.6) is 5.75 Å². The zero-order chi connectivity index (χ0) is 20.9. The fraction of sp³-hybridized carbons (Fsp3) is 0.150. The molecule has 150 valence electrons. The van der Waals surface area contributed by atoms with Crippen LogP contribution in [-0.4, -0.2) is 22.5 Å². The van der Waals surface area contributed by atoms with Crippen LogP contribution < -0.4 is 4.74 Å². The Labute approximate surface area is 163 Å². The zero-order valence-corrected chi connectivity index (χ0v) is 15.1. The van der Waals surface area contributed by atoms with Crippen LogP contribution in [0.3, 0.4) is 0 Å². The molecule has 2 aromatic carbocycles. The lowest BCUT2D eigenvalue weighted by Gasteiger charge is -2.08. The molecule has 1 aromatic heterocycles. The number of aromatic nitrogens is 2. The number of halogens is 3. The van der Waals surface area contributed by atoms with Crippen molar-refractivity contribution in [3.05, 3.63) is 71.6 Å². The molecule has 1 heterocycles. The van der Waals surface area contributed by atoms with Gasteiger partial charge in [0, 0.05) is 11.6 Å². The topological polar surface area (TPSA) is 74.5 Å². The standard InChI is InChI=1S/C20H15F3N2O4/c1-13-2-4-14(5-3-13)6-11-18(26)27-12-17-24-19(25-29-17)15-7-9-16(10-8-15)28-20(21,22)23/h2-11H,12H2,1H3. The number of ether oxygens (including phenoxy) is 2. The van der Waals surface area contributed by atoms with E-state index < -0.39 is 12.3 Å². The van der Waals surface area contributed by atoms with Crippen LogP contribution in [0.25, 0.3) is 17.5 Å². The van der Waals surface area contributed by atoms with Gasteiger partial charge in [-0.05, 0) is 42.8 Å². The van der Waals surface area contributed by atoms with Gasteiger partial charge in [-0.1, -0.05) is 35.0 Å². The first kappa shape index (κ1) is 20.1. The Morgan fingerprint density at radius 3 is 2.45 bits per heavy atom. The molecular formula is C20H15F3N2O4. The van der Waals surface area contributed by atoms with Crippen LogP contribution in [0.1, 0.15) is 17.0 Å². The molecule has 0 saturated heterocycles. The molecule has 0 aliphatic heterocycles. The number of carbonyl (C=O) groups excluding carboxylic acids is 1. The third kappa shape index (κ3) is 6.20. The summed E-state index contributed by atoms with van der Waals surface area (Å²) in [5.41, 5.74) is 2.38. The van der Waals surface area contributed by atoms with Crippen LogP contribution >= 0.6 is 0 Å². The van der Waals surface area contributed by atoms with Crippen molar-refractivity contribution in [2.24, 2.45) is 0 Å². The minimum Gasteiger partial charge on any atom is -0.452 e. The van der Waals surface area contributed by atoms with Crippen LogP contribution in [0.4, 0.5) is 13.2 Å². The number of benzene rings is 2. The third-order valence-electron chi connectivity index (χ3n) is 3.64. The second-order valence-corrected chi connectivity index (χ2v) is 5.94. The second-order valence-electron chi connectivity index (χ2n) is 5.94. The Morgan fingerprint density at radius 2 is 1.79 bits per heavy atom. The van der Waals surface area contributed by atoms with Gasteiger partial charge < -0.3 is 14.0 Å². The number of esters is 1. The lowest BCUT2D eigenvalue weighted by atomic mass is 10.1. The van der Waals surface area contributed by atoms with Gasteiger partial charge in [0.25, 0.3) is 5.89 Å². The van der Waals surface area contributed by atoms with Crippen molar-refractivity contribution >= 4 is 12.0 Å². The van der Waals surface area contributed by atoms with E-state index in [1.165, 1.54) is 18.2 Å². The number of nitrogens with zero attached hydrogens (tertiary/aromatic N) is 2. The van der Waals surface area contributed by atoms with E-state index in [9.17, 15) is 18.0 Å². The first-order valence-corrected chi connectivity index (χ1v) is 8.39. The fourth-order valence-electron chi connectivity index (χ4n) is 2.26. The van der Waals surface area contributed by atoms with Crippen LogP contribution in [-0.2, 0) is 16.1 Å². The highest BCUT2D eigenvalue weighted by Crippen LogP contribution is 2.25. The van der Waals surface area contributed by atoms with E-state index in [-0.39, 0.29) is 24.1 Å². The molecule has 3 rings (SSSR count). The van der Waals surface area contributed by atoms with Gasteiger partial charge >= 0.3 is 12.3 Å². The van der Waals surface area contributed by atoms with Gasteiger partial charge in [0.2, 0.25) is 5.82 Å². The summed E-state index contributed by atoms with van der Waals surface area (Å²) >= 11 is 0. The van der Waals surface area contributed by atoms with Gasteiger partial charge in [-0.2, -0.15) is 4.98 Å². The summed E-state index contributed by atoms with van der Waals surface area (Å²) in [4.78, 5) is 15.8. The molecule has 0 unspecified atom stereocenters. The Morgan fingerprint density at radius 1 is 1.10 bits per heavy atom. The minimum atomic E-state index is -4.77. The van der Waals surface area contributed by atoms with E-state index in [1.807, 2.05) is 31.2 Å². The summed E-state index contributed by atoms with van der Waals surface area (Å²) < 4.78 is 50.3. The normalized spacial score (nSPS) is 11.6. The van der Waals surface area contributed by atoms with Crippen molar-refractivity contribution in [2.45, 2.75) is 19.9 Å². The lowest BCUT2D eigenvalue weighted by molar-refractivity contribution is -0.274. The predicted molar refractivity (Wildman–Crippen MR) is 96.4 cm³/mol. The molecule has 29 heavy (non-hydrogen) atoms. The minimum absolute atomic E-state index is 0.0488. The molecular weight excluding hydrogens is 389 g/mol. The summed E-state index contributed by atoms with van der Waals surface area (Å²) in [6.45, 7) is 1.73. The maximum atomic E-state index is 12.2. The van der Waals surface area contributed by atoms with Crippen LogP contribution in [0.15, 0.2) is 59.1 Å². The molecule has 3 aromatic rings. The molecule has 0 spiro atoms. The maximum absolute atomic E-state index is 12.2. The molecule has 0 aliphatic carbocycles. The summed E-state index contributed by atoms with van der Waals surface area (Å²) in [5, 5.41) is 3.71. The van der Waals surface area contributed by atoms with Crippen LogP contribution in [0.2, 0.25) is 0 Å². The van der Waals surface area contributed by atoms with Crippen molar-refractivity contribution < 1.29 is 32.0 Å². The highest BCUT2D eigenvalue weighted by molar-refractivity contribution is 5.87. The Kier molecular flexibility index (Phi) is 5.96. The molecule has 0 aliphatic rings. The van der Waals surface area contributed by atoms with Crippen molar-refractivity contribution in [1.82, 2.24) is 10.1 Å². The van der Waals surface area contributed by atoms with E-state index in [0.29, 0.717) is 5.56 Å². The highest BCUT2D eigenvalue weighted by atomic mass is 19.4. The van der Waals surface area contributed by atoms with E-state index >= 15 is 0 Å². The number of hydrogen-bond acceptors (Lipinski definition) is 6. The van der Waals surface area contributed by atoms with E-state index in [1.54, 1.807) is 6.08 Å². The van der Waals surface area contributed by atoms with Crippen molar-refractivity contribution in [3.8, 4) is 17.1 Å². The molecule has 0 radical (unpaired) electrons. The first-order chi connectivity index (χ1) is 13.8. The summed E-state index contributed by atoms with van der Waals surface area (Å²) in [6.07, 6.45) is -1.87. The van der Waals surface area contributed by atoms with E-state index in [2.05, 4.69) is 14.9 Å². The predicted octanol–water partition coefficient (Wildman–Crippen LogP) is 4.70. The monoisotopic (exact) mass is 404 g/mol. The van der Waals surface area contributed by atoms with Gasteiger partial charge in [0.1, 0.15) is 5.75 Å². The molecule has 0 fully saturated rings. The van der Waals surface area contributed by atoms with E-state index in [4.69, 9.17) is 9.26 Å². The SMILES string of the molecule is Cc1ccc(C=CC(=O)OCc2nc(-c3ccc(OC(F)(F)F)cc3)no2)cc1. The number of hydrogen-bond donors (Lipinski definition) is 0. The number of alkyl halides is 3. The average Bonchev–Trinajstić information content (AvgIpc) is 3.14. The van der Waals surface area contributed by atoms with Gasteiger partial charge in [-0.3, -0.25) is 0 Å². The first-order valence-electron chi connectivity index (χ1n) is 8.39. The molecule has 0 N–H and O–H groups in total. The highest BCUT2D eigenvalue weighted by Gasteiger charge is 2.31. The van der Waals surface area contributed by atoms with Gasteiger partial charge in [-0.15, -0.1) is 13.2 Å². The zero-order valence-electron chi connectivity index (χ0n) is 15.1. The largest absolute Gasteiger partial charge is 0.573 e. The van der Waals surface area contributed by atoms with Crippen molar-refractivity contribution in [2.75, 3.05) is 0 Å². The molecule has 9 heteroatoms. The van der Waals surface area contributed by atoms with Crippen molar-refractivity contribution in [3.63, 3.8) is 0 Å². The number of carbonyl (C=O) groups is 1. The number of aryl methyl sites for hydroxylation is 1. The number of rotatable bonds is 6.